The third-order valence-electron chi connectivity index (χ3n) is 4.47. The van der Waals surface area contributed by atoms with Crippen LogP contribution in [-0.2, 0) is 11.2 Å². The normalized spacial score (nSPS) is 25.1. The number of nitrogens with two attached hydrogens (primary N) is 1. The Morgan fingerprint density at radius 1 is 1.30 bits per heavy atom. The molecule has 4 nitrogen and oxygen atoms in total. The Bertz CT molecular complexity index is 431. The maximum absolute atomic E-state index is 6.00. The molecule has 4 heteroatoms. The van der Waals surface area contributed by atoms with Gasteiger partial charge in [-0.25, -0.2) is 0 Å². The van der Waals surface area contributed by atoms with E-state index in [1.165, 1.54) is 30.4 Å². The van der Waals surface area contributed by atoms with Gasteiger partial charge < -0.3 is 10.5 Å². The fourth-order valence-corrected chi connectivity index (χ4v) is 3.37. The number of hydrogen-bond donors (Lipinski definition) is 2. The van der Waals surface area contributed by atoms with Gasteiger partial charge in [-0.3, -0.25) is 10.2 Å². The molecule has 1 heterocycles. The van der Waals surface area contributed by atoms with E-state index >= 15 is 0 Å². The smallest absolute Gasteiger partial charge is 0.0729 e. The van der Waals surface area contributed by atoms with E-state index in [4.69, 9.17) is 10.5 Å². The van der Waals surface area contributed by atoms with Gasteiger partial charge in [0.25, 0.3) is 0 Å². The lowest BCUT2D eigenvalue weighted by atomic mass is 9.87. The summed E-state index contributed by atoms with van der Waals surface area (Å²) in [7, 11) is 0. The van der Waals surface area contributed by atoms with E-state index in [-0.39, 0.29) is 6.17 Å². The fraction of sp³-hybridized carbons (Fsp3) is 0.625. The van der Waals surface area contributed by atoms with Crippen molar-refractivity contribution in [2.75, 3.05) is 32.8 Å². The van der Waals surface area contributed by atoms with Crippen molar-refractivity contribution in [1.29, 1.82) is 0 Å². The highest BCUT2D eigenvalue weighted by Crippen LogP contribution is 2.29. The van der Waals surface area contributed by atoms with Crippen molar-refractivity contribution in [3.05, 3.63) is 35.4 Å². The Morgan fingerprint density at radius 2 is 2.10 bits per heavy atom. The van der Waals surface area contributed by atoms with Gasteiger partial charge in [-0.2, -0.15) is 0 Å². The van der Waals surface area contributed by atoms with E-state index in [2.05, 4.69) is 34.5 Å². The number of aryl methyl sites for hydroxylation is 1. The highest BCUT2D eigenvalue weighted by atomic mass is 16.5. The lowest BCUT2D eigenvalue weighted by Crippen LogP contribution is -2.55. The molecule has 3 rings (SSSR count). The molecule has 3 N–H and O–H groups in total. The summed E-state index contributed by atoms with van der Waals surface area (Å²) in [6, 6.07) is 9.25. The van der Waals surface area contributed by atoms with Gasteiger partial charge in [0.15, 0.2) is 0 Å². The zero-order valence-electron chi connectivity index (χ0n) is 12.1. The number of nitrogens with one attached hydrogen (secondary N) is 1. The van der Waals surface area contributed by atoms with Crippen LogP contribution < -0.4 is 11.1 Å². The van der Waals surface area contributed by atoms with Crippen LogP contribution in [0.1, 0.15) is 30.0 Å². The largest absolute Gasteiger partial charge is 0.379 e. The van der Waals surface area contributed by atoms with Crippen molar-refractivity contribution in [3.63, 3.8) is 0 Å². The van der Waals surface area contributed by atoms with Crippen molar-refractivity contribution in [3.8, 4) is 0 Å². The molecule has 1 aliphatic carbocycles. The van der Waals surface area contributed by atoms with E-state index in [1.807, 2.05) is 0 Å². The number of ether oxygens (including phenoxy) is 1. The van der Waals surface area contributed by atoms with Crippen molar-refractivity contribution >= 4 is 0 Å². The Kier molecular flexibility index (Phi) is 4.68. The summed E-state index contributed by atoms with van der Waals surface area (Å²) in [6.07, 6.45) is 3.93. The summed E-state index contributed by atoms with van der Waals surface area (Å²) in [5, 5.41) is 3.78. The van der Waals surface area contributed by atoms with Crippen molar-refractivity contribution in [2.24, 2.45) is 5.73 Å². The molecule has 2 atom stereocenters. The number of rotatable bonds is 4. The van der Waals surface area contributed by atoms with E-state index in [0.717, 1.165) is 26.3 Å². The maximum atomic E-state index is 6.00. The van der Waals surface area contributed by atoms with Crippen LogP contribution in [0, 0.1) is 0 Å². The summed E-state index contributed by atoms with van der Waals surface area (Å²) in [6.45, 7) is 4.24. The first-order valence-electron chi connectivity index (χ1n) is 7.74. The molecule has 1 fully saturated rings. The van der Waals surface area contributed by atoms with Crippen LogP contribution in [0.4, 0.5) is 0 Å². The average Bonchev–Trinajstić information content (AvgIpc) is 2.53. The molecule has 20 heavy (non-hydrogen) atoms. The fourth-order valence-electron chi connectivity index (χ4n) is 3.37. The molecule has 1 saturated heterocycles. The summed E-state index contributed by atoms with van der Waals surface area (Å²) in [5.74, 6) is 0. The molecule has 0 spiro atoms. The monoisotopic (exact) mass is 275 g/mol. The molecule has 1 unspecified atom stereocenters. The minimum atomic E-state index is 0.259. The Labute approximate surface area is 121 Å². The van der Waals surface area contributed by atoms with E-state index in [0.29, 0.717) is 12.6 Å². The van der Waals surface area contributed by atoms with Gasteiger partial charge >= 0.3 is 0 Å². The second-order valence-corrected chi connectivity index (χ2v) is 5.71. The highest BCUT2D eigenvalue weighted by Gasteiger charge is 2.25. The van der Waals surface area contributed by atoms with Gasteiger partial charge in [-0.05, 0) is 30.4 Å². The Hall–Kier alpha value is -0.940. The number of hydrogen-bond acceptors (Lipinski definition) is 4. The first-order valence-corrected chi connectivity index (χ1v) is 7.74. The average molecular weight is 275 g/mol. The molecule has 0 aromatic heterocycles. The Morgan fingerprint density at radius 3 is 2.90 bits per heavy atom. The standard InChI is InChI=1S/C16H25N3O/c17-12-16(19-8-10-20-11-9-19)18-15-7-3-5-13-4-1-2-6-14(13)15/h1-2,4,6,15-16,18H,3,5,7-12,17H2/t15?,16-/m1/s1. The van der Waals surface area contributed by atoms with Crippen molar-refractivity contribution < 1.29 is 4.74 Å². The van der Waals surface area contributed by atoms with Gasteiger partial charge in [0, 0.05) is 25.7 Å². The summed E-state index contributed by atoms with van der Waals surface area (Å²) in [5.41, 5.74) is 8.95. The summed E-state index contributed by atoms with van der Waals surface area (Å²) >= 11 is 0. The van der Waals surface area contributed by atoms with Gasteiger partial charge in [0.05, 0.1) is 19.4 Å². The Balaban J connectivity index is 1.70. The van der Waals surface area contributed by atoms with Crippen molar-refractivity contribution in [1.82, 2.24) is 10.2 Å². The number of fused-ring (bicyclic) bond motifs is 1. The molecule has 0 bridgehead atoms. The van der Waals surface area contributed by atoms with Crippen LogP contribution in [0.2, 0.25) is 0 Å². The van der Waals surface area contributed by atoms with Crippen LogP contribution in [0.5, 0.6) is 0 Å². The molecule has 1 aliphatic heterocycles. The second-order valence-electron chi connectivity index (χ2n) is 5.71. The summed E-state index contributed by atoms with van der Waals surface area (Å²) in [4.78, 5) is 2.42. The highest BCUT2D eigenvalue weighted by molar-refractivity contribution is 5.32. The number of morpholine rings is 1. The quantitative estimate of drug-likeness (QED) is 0.869. The van der Waals surface area contributed by atoms with Gasteiger partial charge in [0.1, 0.15) is 0 Å². The number of benzene rings is 1. The SMILES string of the molecule is NC[C@H](NC1CCCc2ccccc21)N1CCOCC1. The molecule has 110 valence electrons. The van der Waals surface area contributed by atoms with Gasteiger partial charge in [0.2, 0.25) is 0 Å². The first-order chi connectivity index (χ1) is 9.88. The lowest BCUT2D eigenvalue weighted by molar-refractivity contribution is 0.00752. The maximum Gasteiger partial charge on any atom is 0.0729 e. The molecule has 0 radical (unpaired) electrons. The third kappa shape index (κ3) is 3.04. The predicted octanol–water partition coefficient (Wildman–Crippen LogP) is 1.27. The molecule has 1 aromatic carbocycles. The molecular formula is C16H25N3O. The molecule has 0 amide bonds. The summed E-state index contributed by atoms with van der Waals surface area (Å²) < 4.78 is 5.43. The molecule has 1 aromatic rings. The van der Waals surface area contributed by atoms with Crippen LogP contribution in [0.25, 0.3) is 0 Å². The van der Waals surface area contributed by atoms with Crippen molar-refractivity contribution in [2.45, 2.75) is 31.5 Å². The third-order valence-corrected chi connectivity index (χ3v) is 4.47. The van der Waals surface area contributed by atoms with E-state index in [1.54, 1.807) is 0 Å². The lowest BCUT2D eigenvalue weighted by Gasteiger charge is -2.38. The van der Waals surface area contributed by atoms with Gasteiger partial charge in [-0.1, -0.05) is 24.3 Å². The minimum absolute atomic E-state index is 0.259. The first kappa shape index (κ1) is 14.0. The topological polar surface area (TPSA) is 50.5 Å². The minimum Gasteiger partial charge on any atom is -0.379 e. The van der Waals surface area contributed by atoms with E-state index < -0.39 is 0 Å². The van der Waals surface area contributed by atoms with Gasteiger partial charge in [-0.15, -0.1) is 0 Å². The number of nitrogens with zero attached hydrogens (tertiary/aromatic N) is 1. The molecule has 2 aliphatic rings. The second kappa shape index (κ2) is 6.68. The molecule has 0 saturated carbocycles. The predicted molar refractivity (Wildman–Crippen MR) is 80.5 cm³/mol. The van der Waals surface area contributed by atoms with Crippen LogP contribution in [0.15, 0.2) is 24.3 Å². The zero-order valence-corrected chi connectivity index (χ0v) is 12.1. The van der Waals surface area contributed by atoms with Crippen LogP contribution in [-0.4, -0.2) is 43.9 Å². The molecular weight excluding hydrogens is 250 g/mol. The van der Waals surface area contributed by atoms with Crippen LogP contribution >= 0.6 is 0 Å². The zero-order chi connectivity index (χ0) is 13.8. The van der Waals surface area contributed by atoms with Crippen LogP contribution in [0.3, 0.4) is 0 Å². The van der Waals surface area contributed by atoms with E-state index in [9.17, 15) is 0 Å².